The molecule has 154 valence electrons. The van der Waals surface area contributed by atoms with Crippen molar-refractivity contribution in [2.45, 2.75) is 44.8 Å². The molecule has 7 heteroatoms. The van der Waals surface area contributed by atoms with E-state index in [1.165, 1.54) is 24.3 Å². The molecule has 0 heterocycles. The monoisotopic (exact) mass is 417 g/mol. The molecule has 0 aliphatic carbocycles. The number of halogens is 1. The van der Waals surface area contributed by atoms with Crippen LogP contribution in [0.4, 0.5) is 5.69 Å². The molecule has 0 radical (unpaired) electrons. The number of rotatable bonds is 9. The number of aliphatic hydroxyl groups is 2. The number of aromatic hydroxyl groups is 1. The molecule has 3 N–H and O–H groups in total. The summed E-state index contributed by atoms with van der Waals surface area (Å²) in [6.07, 6.45) is 2.31. The molecule has 0 saturated heterocycles. The second-order valence-electron chi connectivity index (χ2n) is 6.73. The van der Waals surface area contributed by atoms with Gasteiger partial charge in [0.2, 0.25) is 0 Å². The molecule has 2 rings (SSSR count). The van der Waals surface area contributed by atoms with Crippen LogP contribution in [0.25, 0.3) is 0 Å². The number of non-ortho nitro benzene ring substituents is 1. The van der Waals surface area contributed by atoms with E-state index in [0.29, 0.717) is 17.5 Å². The molecule has 2 atom stereocenters. The highest BCUT2D eigenvalue weighted by Crippen LogP contribution is 2.29. The van der Waals surface area contributed by atoms with Gasteiger partial charge in [-0.3, -0.25) is 10.1 Å². The third-order valence-electron chi connectivity index (χ3n) is 4.47. The lowest BCUT2D eigenvalue weighted by molar-refractivity contribution is -0.384. The highest BCUT2D eigenvalue weighted by Gasteiger charge is 2.13. The minimum atomic E-state index is -0.835. The molecule has 0 unspecified atom stereocenters. The Kier molecular flexibility index (Phi) is 8.43. The van der Waals surface area contributed by atoms with E-state index in [1.54, 1.807) is 24.3 Å². The largest absolute Gasteiger partial charge is 0.508 e. The lowest BCUT2D eigenvalue weighted by Gasteiger charge is -2.12. The van der Waals surface area contributed by atoms with Gasteiger partial charge in [-0.25, -0.2) is 0 Å². The smallest absolute Gasteiger partial charge is 0.269 e. The second kappa shape index (κ2) is 10.8. The zero-order valence-corrected chi connectivity index (χ0v) is 16.8. The minimum Gasteiger partial charge on any atom is -0.508 e. The predicted octanol–water partition coefficient (Wildman–Crippen LogP) is 5.38. The van der Waals surface area contributed by atoms with Crippen molar-refractivity contribution in [2.75, 3.05) is 0 Å². The third-order valence-corrected chi connectivity index (χ3v) is 4.80. The Labute approximate surface area is 174 Å². The molecular weight excluding hydrogens is 394 g/mol. The van der Waals surface area contributed by atoms with Crippen molar-refractivity contribution in [3.63, 3.8) is 0 Å². The van der Waals surface area contributed by atoms with Gasteiger partial charge in [-0.2, -0.15) is 0 Å². The van der Waals surface area contributed by atoms with Gasteiger partial charge in [0.25, 0.3) is 5.69 Å². The van der Waals surface area contributed by atoms with Gasteiger partial charge in [-0.15, -0.1) is 5.73 Å². The molecule has 29 heavy (non-hydrogen) atoms. The number of phenolic OH excluding ortho intramolecular Hbond substituents is 1. The molecule has 0 spiro atoms. The van der Waals surface area contributed by atoms with Crippen molar-refractivity contribution < 1.29 is 20.2 Å². The average molecular weight is 418 g/mol. The Morgan fingerprint density at radius 2 is 1.90 bits per heavy atom. The van der Waals surface area contributed by atoms with Crippen LogP contribution in [0.1, 0.15) is 55.9 Å². The lowest BCUT2D eigenvalue weighted by Crippen LogP contribution is -2.00. The zero-order chi connectivity index (χ0) is 21.4. The standard InChI is InChI=1S/C22H24ClNO5/c1-2-4-15(13-22(27)16-7-9-17(10-8-16)24(28)29)5-3-6-21(26)19-12-11-18(25)14-20(19)23/h3,7-12,14,21-22,25-27H,2,4,6,13H2,1H3/t5?,21-,22-/m1/s1. The van der Waals surface area contributed by atoms with E-state index in [4.69, 9.17) is 11.6 Å². The maximum Gasteiger partial charge on any atom is 0.269 e. The van der Waals surface area contributed by atoms with Gasteiger partial charge in [-0.05, 0) is 53.5 Å². The first-order chi connectivity index (χ1) is 13.8. The molecule has 0 aliphatic heterocycles. The number of benzene rings is 2. The molecule has 2 aromatic rings. The molecule has 0 fully saturated rings. The van der Waals surface area contributed by atoms with Crippen LogP contribution < -0.4 is 0 Å². The number of hydrogen-bond donors (Lipinski definition) is 3. The maximum absolute atomic E-state index is 10.7. The van der Waals surface area contributed by atoms with E-state index in [2.05, 4.69) is 5.73 Å². The van der Waals surface area contributed by atoms with Gasteiger partial charge >= 0.3 is 0 Å². The Bertz CT molecular complexity index is 904. The fourth-order valence-electron chi connectivity index (χ4n) is 2.93. The fourth-order valence-corrected chi connectivity index (χ4v) is 3.23. The highest BCUT2D eigenvalue weighted by molar-refractivity contribution is 6.31. The summed E-state index contributed by atoms with van der Waals surface area (Å²) >= 11 is 6.05. The average Bonchev–Trinajstić information content (AvgIpc) is 2.68. The van der Waals surface area contributed by atoms with Crippen LogP contribution in [-0.2, 0) is 0 Å². The zero-order valence-electron chi connectivity index (χ0n) is 16.1. The van der Waals surface area contributed by atoms with Crippen LogP contribution in [0.2, 0.25) is 5.02 Å². The molecule has 2 aromatic carbocycles. The molecule has 0 bridgehead atoms. The van der Waals surface area contributed by atoms with E-state index in [1.807, 2.05) is 6.92 Å². The molecular formula is C22H24ClNO5. The number of phenols is 1. The van der Waals surface area contributed by atoms with E-state index in [-0.39, 0.29) is 22.9 Å². The Hall–Kier alpha value is -2.63. The number of nitrogens with zero attached hydrogens (tertiary/aromatic N) is 1. The van der Waals surface area contributed by atoms with Gasteiger partial charge in [0.15, 0.2) is 0 Å². The van der Waals surface area contributed by atoms with Crippen LogP contribution in [0.3, 0.4) is 0 Å². The molecule has 0 saturated carbocycles. The number of nitro benzene ring substituents is 1. The molecule has 0 aromatic heterocycles. The molecule has 0 aliphatic rings. The summed E-state index contributed by atoms with van der Waals surface area (Å²) in [4.78, 5) is 10.3. The first-order valence-electron chi connectivity index (χ1n) is 9.33. The van der Waals surface area contributed by atoms with Crippen molar-refractivity contribution in [3.05, 3.63) is 86.1 Å². The summed E-state index contributed by atoms with van der Waals surface area (Å²) in [5.74, 6) is 0.0341. The van der Waals surface area contributed by atoms with Crippen molar-refractivity contribution in [1.82, 2.24) is 0 Å². The summed E-state index contributed by atoms with van der Waals surface area (Å²) < 4.78 is 0. The topological polar surface area (TPSA) is 104 Å². The van der Waals surface area contributed by atoms with E-state index >= 15 is 0 Å². The van der Waals surface area contributed by atoms with Crippen LogP contribution in [0.15, 0.2) is 59.8 Å². The Balaban J connectivity index is 2.08. The predicted molar refractivity (Wildman–Crippen MR) is 112 cm³/mol. The number of nitro groups is 1. The van der Waals surface area contributed by atoms with Crippen molar-refractivity contribution >= 4 is 17.3 Å². The van der Waals surface area contributed by atoms with Crippen LogP contribution in [0.5, 0.6) is 5.75 Å². The molecule has 0 amide bonds. The first-order valence-corrected chi connectivity index (χ1v) is 9.71. The maximum atomic E-state index is 10.7. The van der Waals surface area contributed by atoms with Gasteiger partial charge in [0, 0.05) is 25.0 Å². The second-order valence-corrected chi connectivity index (χ2v) is 7.14. The molecule has 6 nitrogen and oxygen atoms in total. The van der Waals surface area contributed by atoms with Gasteiger partial charge in [0.05, 0.1) is 22.2 Å². The summed E-state index contributed by atoms with van der Waals surface area (Å²) in [6, 6.07) is 10.3. The van der Waals surface area contributed by atoms with Crippen LogP contribution >= 0.6 is 11.6 Å². The normalized spacial score (nSPS) is 12.7. The van der Waals surface area contributed by atoms with Gasteiger partial charge in [0.1, 0.15) is 5.75 Å². The fraction of sp³-hybridized carbons (Fsp3) is 0.318. The van der Waals surface area contributed by atoms with E-state index < -0.39 is 17.1 Å². The first kappa shape index (κ1) is 22.7. The lowest BCUT2D eigenvalue weighted by atomic mass is 9.98. The Morgan fingerprint density at radius 3 is 2.48 bits per heavy atom. The van der Waals surface area contributed by atoms with E-state index in [0.717, 1.165) is 18.4 Å². The SMILES string of the molecule is CCCC(=C=CC[C@@H](O)c1ccc(O)cc1Cl)C[C@@H](O)c1ccc([N+](=O)[O-])cc1. The Morgan fingerprint density at radius 1 is 1.21 bits per heavy atom. The summed E-state index contributed by atoms with van der Waals surface area (Å²) in [6.45, 7) is 2.02. The summed E-state index contributed by atoms with van der Waals surface area (Å²) in [7, 11) is 0. The van der Waals surface area contributed by atoms with Gasteiger partial charge in [-0.1, -0.05) is 31.0 Å². The number of aliphatic hydroxyl groups excluding tert-OH is 2. The quantitative estimate of drug-likeness (QED) is 0.288. The third kappa shape index (κ3) is 6.73. The number of hydrogen-bond acceptors (Lipinski definition) is 5. The van der Waals surface area contributed by atoms with Gasteiger partial charge < -0.3 is 15.3 Å². The van der Waals surface area contributed by atoms with Crippen molar-refractivity contribution in [3.8, 4) is 5.75 Å². The van der Waals surface area contributed by atoms with Crippen LogP contribution in [0, 0.1) is 10.1 Å². The summed E-state index contributed by atoms with van der Waals surface area (Å²) in [5, 5.41) is 41.2. The van der Waals surface area contributed by atoms with E-state index in [9.17, 15) is 25.4 Å². The van der Waals surface area contributed by atoms with Crippen molar-refractivity contribution in [2.24, 2.45) is 0 Å². The van der Waals surface area contributed by atoms with Crippen LogP contribution in [-0.4, -0.2) is 20.2 Å². The summed E-state index contributed by atoms with van der Waals surface area (Å²) in [5.41, 5.74) is 5.14. The highest BCUT2D eigenvalue weighted by atomic mass is 35.5. The van der Waals surface area contributed by atoms with Crippen molar-refractivity contribution in [1.29, 1.82) is 0 Å². The minimum absolute atomic E-state index is 0.0213.